The minimum atomic E-state index is 0. The van der Waals surface area contributed by atoms with Crippen LogP contribution in [-0.2, 0) is 0 Å². The Kier molecular flexibility index (Phi) is 299. The molecule has 175 valence electrons. The third-order valence-corrected chi connectivity index (χ3v) is 1.39. The first-order valence-corrected chi connectivity index (χ1v) is 9.04. The zero-order valence-electron chi connectivity index (χ0n) is 18.5. The van der Waals surface area contributed by atoms with E-state index in [1.54, 1.807) is 6.92 Å². The van der Waals surface area contributed by atoms with Crippen molar-refractivity contribution in [3.8, 4) is 0 Å². The molecule has 0 saturated heterocycles. The summed E-state index contributed by atoms with van der Waals surface area (Å²) in [5.41, 5.74) is 15.1. The molecular formula is C23H60BN4. The quantitative estimate of drug-likeness (QED) is 0.163. The highest BCUT2D eigenvalue weighted by Crippen LogP contribution is 2.06. The van der Waals surface area contributed by atoms with Crippen LogP contribution in [0.5, 0.6) is 0 Å². The number of nitrogen functional groups attached to an aromatic ring is 1. The van der Waals surface area contributed by atoms with Crippen LogP contribution in [0.15, 0.2) is 29.4 Å². The van der Waals surface area contributed by atoms with Gasteiger partial charge in [0, 0.05) is 25.6 Å². The molecule has 0 unspecified atom stereocenters. The van der Waals surface area contributed by atoms with E-state index in [0.29, 0.717) is 6.54 Å². The Hall–Kier alpha value is -1.61. The van der Waals surface area contributed by atoms with Crippen molar-refractivity contribution in [3.05, 3.63) is 40.3 Å². The molecule has 0 fully saturated rings. The number of nitrogens with two attached hydrogens (primary N) is 1. The van der Waals surface area contributed by atoms with Gasteiger partial charge < -0.3 is 5.73 Å². The third-order valence-electron chi connectivity index (χ3n) is 1.39. The summed E-state index contributed by atoms with van der Waals surface area (Å²) in [5, 5.41) is 3.15. The van der Waals surface area contributed by atoms with E-state index in [4.69, 9.17) is 11.3 Å². The molecule has 1 aromatic rings. The molecule has 0 aliphatic rings. The topological polar surface area (TPSA) is 74.8 Å². The van der Waals surface area contributed by atoms with Crippen LogP contribution in [0.4, 0.5) is 5.69 Å². The second-order valence-electron chi connectivity index (χ2n) is 2.40. The molecule has 0 aliphatic carbocycles. The summed E-state index contributed by atoms with van der Waals surface area (Å²) < 4.78 is 0. The summed E-state index contributed by atoms with van der Waals surface area (Å²) in [5.74, 6) is 0. The normalized spacial score (nSPS) is 4.71. The lowest BCUT2D eigenvalue weighted by Gasteiger charge is -1.93. The number of hydrogen-bond acceptors (Lipinski definition) is 2. The van der Waals surface area contributed by atoms with Gasteiger partial charge in [-0.05, 0) is 24.1 Å². The second-order valence-corrected chi connectivity index (χ2v) is 2.40. The van der Waals surface area contributed by atoms with Crippen molar-refractivity contribution in [2.24, 2.45) is 5.11 Å². The number of azide groups is 1. The zero-order valence-corrected chi connectivity index (χ0v) is 18.5. The predicted molar refractivity (Wildman–Crippen MR) is 145 cm³/mol. The molecule has 0 atom stereocenters. The average molecular weight is 404 g/mol. The van der Waals surface area contributed by atoms with Crippen LogP contribution >= 0.6 is 0 Å². The lowest BCUT2D eigenvalue weighted by atomic mass is 10.2. The fourth-order valence-electron chi connectivity index (χ4n) is 0.650. The molecule has 28 heavy (non-hydrogen) atoms. The fraction of sp³-hybridized carbons (Fsp3) is 0.739. The second kappa shape index (κ2) is 116. The number of hydrogen-bond donors (Lipinski definition) is 1. The number of aryl methyl sites for hydroxylation is 1. The monoisotopic (exact) mass is 403 g/mol. The van der Waals surface area contributed by atoms with Gasteiger partial charge in [-0.15, -0.1) is 0 Å². The maximum atomic E-state index is 7.52. The summed E-state index contributed by atoms with van der Waals surface area (Å²) in [6, 6.07) is 7.80. The van der Waals surface area contributed by atoms with E-state index in [0.717, 1.165) is 11.3 Å². The van der Waals surface area contributed by atoms with Crippen molar-refractivity contribution < 1.29 is 0 Å². The van der Waals surface area contributed by atoms with Crippen LogP contribution in [0.1, 0.15) is 111 Å². The van der Waals surface area contributed by atoms with Crippen molar-refractivity contribution in [2.75, 3.05) is 12.3 Å². The van der Waals surface area contributed by atoms with Gasteiger partial charge in [-0.1, -0.05) is 129 Å². The van der Waals surface area contributed by atoms with Crippen molar-refractivity contribution in [2.45, 2.75) is 113 Å². The van der Waals surface area contributed by atoms with E-state index < -0.39 is 0 Å². The SMILES string of the molecule is C.C.C.C.CC.CC.CC.CC.CC.CCN=[N+]=[N-].Cc1ccccc1N.[B]. The Morgan fingerprint density at radius 2 is 1.07 bits per heavy atom. The largest absolute Gasteiger partial charge is 0.399 e. The smallest absolute Gasteiger partial charge is 0.0343 e. The molecule has 4 nitrogen and oxygen atoms in total. The molecule has 0 aliphatic heterocycles. The van der Waals surface area contributed by atoms with Crippen LogP contribution in [-0.4, -0.2) is 15.0 Å². The van der Waals surface area contributed by atoms with Gasteiger partial charge in [0.1, 0.15) is 0 Å². The van der Waals surface area contributed by atoms with Crippen LogP contribution in [0.2, 0.25) is 0 Å². The Balaban J connectivity index is -0.0000000145. The summed E-state index contributed by atoms with van der Waals surface area (Å²) in [6.45, 7) is 24.3. The predicted octanol–water partition coefficient (Wildman–Crippen LogP) is 10.2. The number of anilines is 1. The molecule has 3 radical (unpaired) electrons. The molecule has 1 aromatic carbocycles. The number of benzene rings is 1. The minimum absolute atomic E-state index is 0. The first-order chi connectivity index (χ1) is 11.2. The molecule has 0 bridgehead atoms. The minimum Gasteiger partial charge on any atom is -0.399 e. The van der Waals surface area contributed by atoms with E-state index in [9.17, 15) is 0 Å². The zero-order chi connectivity index (χ0) is 20.1. The van der Waals surface area contributed by atoms with Gasteiger partial charge in [0.2, 0.25) is 0 Å². The summed E-state index contributed by atoms with van der Waals surface area (Å²) in [7, 11) is 0. The maximum absolute atomic E-state index is 7.52. The van der Waals surface area contributed by atoms with Gasteiger partial charge in [-0.3, -0.25) is 0 Å². The summed E-state index contributed by atoms with van der Waals surface area (Å²) >= 11 is 0. The molecule has 0 amide bonds. The lowest BCUT2D eigenvalue weighted by molar-refractivity contribution is 1.11. The van der Waals surface area contributed by atoms with Crippen LogP contribution in [0.3, 0.4) is 0 Å². The summed E-state index contributed by atoms with van der Waals surface area (Å²) in [4.78, 5) is 2.48. The van der Waals surface area contributed by atoms with Gasteiger partial charge in [0.05, 0.1) is 0 Å². The molecule has 0 aromatic heterocycles. The molecule has 2 N–H and O–H groups in total. The molecule has 0 heterocycles. The van der Waals surface area contributed by atoms with Crippen molar-refractivity contribution in [3.63, 3.8) is 0 Å². The van der Waals surface area contributed by atoms with Crippen molar-refractivity contribution in [1.82, 2.24) is 0 Å². The molecule has 5 heteroatoms. The standard InChI is InChI=1S/C7H9N.C2H5N3.5C2H6.4CH4.B/c1-6-4-2-3-5-7(6)8;1-2-4-5-3;5*1-2;;;;;/h2-5H,8H2,1H3;2H2,1H3;5*1-2H3;4*1H4;. The lowest BCUT2D eigenvalue weighted by Crippen LogP contribution is -1.85. The highest BCUT2D eigenvalue weighted by atomic mass is 15.1. The highest BCUT2D eigenvalue weighted by Gasteiger charge is 1.84. The Morgan fingerprint density at radius 1 is 0.786 bits per heavy atom. The van der Waals surface area contributed by atoms with E-state index in [2.05, 4.69) is 10.0 Å². The van der Waals surface area contributed by atoms with Crippen molar-refractivity contribution >= 4 is 14.1 Å². The first-order valence-electron chi connectivity index (χ1n) is 9.04. The van der Waals surface area contributed by atoms with Gasteiger partial charge >= 0.3 is 0 Å². The molecular weight excluding hydrogens is 343 g/mol. The maximum Gasteiger partial charge on any atom is 0.0343 e. The van der Waals surface area contributed by atoms with E-state index in [1.807, 2.05) is 100 Å². The molecule has 0 spiro atoms. The van der Waals surface area contributed by atoms with E-state index >= 15 is 0 Å². The molecule has 0 saturated carbocycles. The Bertz CT molecular complexity index is 279. The van der Waals surface area contributed by atoms with E-state index in [1.165, 1.54) is 0 Å². The number of nitrogens with zero attached hydrogens (tertiary/aromatic N) is 3. The number of para-hydroxylation sites is 1. The van der Waals surface area contributed by atoms with Gasteiger partial charge in [-0.25, -0.2) is 0 Å². The van der Waals surface area contributed by atoms with Gasteiger partial charge in [0.15, 0.2) is 0 Å². The van der Waals surface area contributed by atoms with Gasteiger partial charge in [-0.2, -0.15) is 0 Å². The Morgan fingerprint density at radius 3 is 1.18 bits per heavy atom. The van der Waals surface area contributed by atoms with Crippen LogP contribution in [0.25, 0.3) is 10.4 Å². The fourth-order valence-corrected chi connectivity index (χ4v) is 0.650. The van der Waals surface area contributed by atoms with E-state index in [-0.39, 0.29) is 38.1 Å². The van der Waals surface area contributed by atoms with Crippen LogP contribution in [0, 0.1) is 6.92 Å². The number of rotatable bonds is 1. The van der Waals surface area contributed by atoms with Crippen molar-refractivity contribution in [1.29, 1.82) is 0 Å². The highest BCUT2D eigenvalue weighted by molar-refractivity contribution is 5.75. The molecule has 1 rings (SSSR count). The third kappa shape index (κ3) is 103. The first kappa shape index (κ1) is 71.8. The van der Waals surface area contributed by atoms with Gasteiger partial charge in [0.25, 0.3) is 0 Å². The van der Waals surface area contributed by atoms with Crippen LogP contribution < -0.4 is 5.73 Å². The average Bonchev–Trinajstić information content (AvgIpc) is 2.67. The summed E-state index contributed by atoms with van der Waals surface area (Å²) in [6.07, 6.45) is 0. The Labute approximate surface area is 184 Å².